The fourth-order valence-corrected chi connectivity index (χ4v) is 10.7. The second kappa shape index (κ2) is 10.5. The monoisotopic (exact) mass is 546 g/mol. The minimum atomic E-state index is -1.05. The summed E-state index contributed by atoms with van der Waals surface area (Å²) in [5, 5.41) is 46.1. The molecule has 4 aliphatic carbocycles. The SMILES string of the molecule is C[C@H](CCC(O)(c1ccccc1)c1ccccc1)[C@H]1CC[C@H]2[C@@H]3[C@H](O)C[C@H]4C[C@@H](O)CC[C@]4(C)[C@H]3C[C@H](O)[C@]12C. The van der Waals surface area contributed by atoms with Gasteiger partial charge < -0.3 is 20.4 Å². The van der Waals surface area contributed by atoms with E-state index in [1.54, 1.807) is 0 Å². The number of benzene rings is 2. The van der Waals surface area contributed by atoms with Crippen LogP contribution in [0.3, 0.4) is 0 Å². The maximum absolute atomic E-state index is 12.1. The van der Waals surface area contributed by atoms with E-state index in [9.17, 15) is 20.4 Å². The summed E-state index contributed by atoms with van der Waals surface area (Å²) in [5.74, 6) is 1.90. The van der Waals surface area contributed by atoms with Gasteiger partial charge in [0.2, 0.25) is 0 Å². The van der Waals surface area contributed by atoms with Crippen LogP contribution in [0.15, 0.2) is 60.7 Å². The number of fused-ring (bicyclic) bond motifs is 5. The van der Waals surface area contributed by atoms with E-state index in [1.165, 1.54) is 0 Å². The van der Waals surface area contributed by atoms with E-state index in [0.717, 1.165) is 62.5 Å². The Hall–Kier alpha value is -1.72. The van der Waals surface area contributed by atoms with Gasteiger partial charge in [0.05, 0.1) is 18.3 Å². The van der Waals surface area contributed by atoms with Crippen molar-refractivity contribution in [1.29, 1.82) is 0 Å². The highest BCUT2D eigenvalue weighted by molar-refractivity contribution is 5.35. The summed E-state index contributed by atoms with van der Waals surface area (Å²) in [6.07, 6.45) is 6.85. The zero-order valence-corrected chi connectivity index (χ0v) is 24.6. The normalized spacial score (nSPS) is 42.0. The Bertz CT molecular complexity index is 1110. The minimum Gasteiger partial charge on any atom is -0.393 e. The zero-order valence-electron chi connectivity index (χ0n) is 24.6. The fourth-order valence-electron chi connectivity index (χ4n) is 10.7. The Morgan fingerprint density at radius 3 is 2.08 bits per heavy atom. The first-order valence-corrected chi connectivity index (χ1v) is 16.0. The molecular weight excluding hydrogens is 496 g/mol. The highest BCUT2D eigenvalue weighted by Crippen LogP contribution is 2.68. The van der Waals surface area contributed by atoms with Crippen molar-refractivity contribution in [3.8, 4) is 0 Å². The van der Waals surface area contributed by atoms with Crippen LogP contribution in [0, 0.1) is 46.3 Å². The summed E-state index contributed by atoms with van der Waals surface area (Å²) < 4.78 is 0. The molecule has 0 radical (unpaired) electrons. The molecule has 0 heterocycles. The van der Waals surface area contributed by atoms with Gasteiger partial charge in [-0.05, 0) is 115 Å². The Kier molecular flexibility index (Phi) is 7.47. The average Bonchev–Trinajstić information content (AvgIpc) is 3.32. The van der Waals surface area contributed by atoms with Crippen molar-refractivity contribution in [2.75, 3.05) is 0 Å². The van der Waals surface area contributed by atoms with Crippen molar-refractivity contribution in [2.45, 2.75) is 102 Å². The van der Waals surface area contributed by atoms with Gasteiger partial charge in [0, 0.05) is 0 Å². The van der Waals surface area contributed by atoms with E-state index in [-0.39, 0.29) is 35.1 Å². The maximum atomic E-state index is 12.1. The lowest BCUT2D eigenvalue weighted by Crippen LogP contribution is -2.62. The lowest BCUT2D eigenvalue weighted by atomic mass is 9.43. The van der Waals surface area contributed by atoms with Crippen LogP contribution >= 0.6 is 0 Å². The molecule has 11 atom stereocenters. The lowest BCUT2D eigenvalue weighted by Gasteiger charge is -2.63. The number of aliphatic hydroxyl groups excluding tert-OH is 3. The first-order valence-electron chi connectivity index (χ1n) is 16.0. The molecule has 6 rings (SSSR count). The summed E-state index contributed by atoms with van der Waals surface area (Å²) in [6.45, 7) is 7.04. The second-order valence-corrected chi connectivity index (χ2v) is 14.6. The van der Waals surface area contributed by atoms with Gasteiger partial charge in [-0.25, -0.2) is 0 Å². The molecule has 0 unspecified atom stereocenters. The maximum Gasteiger partial charge on any atom is 0.115 e. The number of rotatable bonds is 6. The standard InChI is InChI=1S/C36H50O4/c1-23(16-19-36(40,24-10-6-4-7-11-24)25-12-8-5-9-13-25)28-14-15-29-33-30(22-32(39)35(28,29)3)34(2)18-17-27(37)20-26(34)21-31(33)38/h4-13,23,26-33,37-40H,14-22H2,1-3H3/t23-,26-,27+,28-,29+,30+,31-,32+,33+,34+,35-/m1/s1. The van der Waals surface area contributed by atoms with Crippen LogP contribution in [0.1, 0.15) is 89.7 Å². The van der Waals surface area contributed by atoms with Gasteiger partial charge in [0.25, 0.3) is 0 Å². The number of hydrogen-bond donors (Lipinski definition) is 4. The van der Waals surface area contributed by atoms with Crippen LogP contribution in [0.4, 0.5) is 0 Å². The molecule has 0 saturated heterocycles. The van der Waals surface area contributed by atoms with Crippen molar-refractivity contribution < 1.29 is 20.4 Å². The molecule has 4 heteroatoms. The zero-order chi connectivity index (χ0) is 28.3. The Morgan fingerprint density at radius 1 is 0.825 bits per heavy atom. The average molecular weight is 547 g/mol. The first-order chi connectivity index (χ1) is 19.1. The van der Waals surface area contributed by atoms with Crippen molar-refractivity contribution in [3.63, 3.8) is 0 Å². The molecule has 0 aliphatic heterocycles. The van der Waals surface area contributed by atoms with Gasteiger partial charge in [0.15, 0.2) is 0 Å². The smallest absolute Gasteiger partial charge is 0.115 e. The lowest BCUT2D eigenvalue weighted by molar-refractivity contribution is -0.207. The Labute approximate surface area is 240 Å². The molecule has 0 amide bonds. The van der Waals surface area contributed by atoms with E-state index >= 15 is 0 Å². The van der Waals surface area contributed by atoms with Gasteiger partial charge in [-0.15, -0.1) is 0 Å². The number of aliphatic hydroxyl groups is 4. The summed E-state index contributed by atoms with van der Waals surface area (Å²) in [4.78, 5) is 0. The second-order valence-electron chi connectivity index (χ2n) is 14.6. The predicted octanol–water partition coefficient (Wildman–Crippen LogP) is 6.30. The largest absolute Gasteiger partial charge is 0.393 e. The molecular formula is C36H50O4. The third-order valence-corrected chi connectivity index (χ3v) is 13.0. The van der Waals surface area contributed by atoms with E-state index < -0.39 is 5.60 Å². The van der Waals surface area contributed by atoms with E-state index in [0.29, 0.717) is 36.0 Å². The molecule has 40 heavy (non-hydrogen) atoms. The van der Waals surface area contributed by atoms with Crippen molar-refractivity contribution in [1.82, 2.24) is 0 Å². The van der Waals surface area contributed by atoms with Crippen LogP contribution in [0.5, 0.6) is 0 Å². The molecule has 4 fully saturated rings. The fraction of sp³-hybridized carbons (Fsp3) is 0.667. The number of hydrogen-bond acceptors (Lipinski definition) is 4. The highest BCUT2D eigenvalue weighted by Gasteiger charge is 2.65. The van der Waals surface area contributed by atoms with Gasteiger partial charge in [-0.3, -0.25) is 0 Å². The third kappa shape index (κ3) is 4.40. The van der Waals surface area contributed by atoms with Gasteiger partial charge >= 0.3 is 0 Å². The van der Waals surface area contributed by atoms with E-state index in [2.05, 4.69) is 20.8 Å². The van der Waals surface area contributed by atoms with Crippen LogP contribution < -0.4 is 0 Å². The Balaban J connectivity index is 1.24. The van der Waals surface area contributed by atoms with Crippen LogP contribution in [0.2, 0.25) is 0 Å². The van der Waals surface area contributed by atoms with E-state index in [1.807, 2.05) is 60.7 Å². The van der Waals surface area contributed by atoms with Crippen molar-refractivity contribution in [3.05, 3.63) is 71.8 Å². The molecule has 218 valence electrons. The van der Waals surface area contributed by atoms with Crippen LogP contribution in [-0.2, 0) is 5.60 Å². The van der Waals surface area contributed by atoms with Crippen LogP contribution in [0.25, 0.3) is 0 Å². The van der Waals surface area contributed by atoms with E-state index in [4.69, 9.17) is 0 Å². The molecule has 4 aliphatic rings. The predicted molar refractivity (Wildman–Crippen MR) is 158 cm³/mol. The molecule has 0 aromatic heterocycles. The third-order valence-electron chi connectivity index (χ3n) is 13.0. The van der Waals surface area contributed by atoms with Gasteiger partial charge in [-0.2, -0.15) is 0 Å². The molecule has 0 spiro atoms. The summed E-state index contributed by atoms with van der Waals surface area (Å²) in [7, 11) is 0. The minimum absolute atomic E-state index is 0.0942. The first kappa shape index (κ1) is 28.4. The molecule has 2 aromatic carbocycles. The molecule has 4 nitrogen and oxygen atoms in total. The Morgan fingerprint density at radius 2 is 1.45 bits per heavy atom. The molecule has 2 aromatic rings. The highest BCUT2D eigenvalue weighted by atomic mass is 16.3. The van der Waals surface area contributed by atoms with Crippen molar-refractivity contribution >= 4 is 0 Å². The summed E-state index contributed by atoms with van der Waals surface area (Å²) in [6, 6.07) is 20.1. The van der Waals surface area contributed by atoms with Crippen molar-refractivity contribution in [2.24, 2.45) is 46.3 Å². The quantitative estimate of drug-likeness (QED) is 0.343. The van der Waals surface area contributed by atoms with Gasteiger partial charge in [0.1, 0.15) is 5.60 Å². The molecule has 4 N–H and O–H groups in total. The summed E-state index contributed by atoms with van der Waals surface area (Å²) >= 11 is 0. The topological polar surface area (TPSA) is 80.9 Å². The van der Waals surface area contributed by atoms with Gasteiger partial charge in [-0.1, -0.05) is 81.4 Å². The molecule has 0 bridgehead atoms. The summed E-state index contributed by atoms with van der Waals surface area (Å²) in [5.41, 5.74) is 0.666. The molecule has 4 saturated carbocycles. The van der Waals surface area contributed by atoms with Crippen LogP contribution in [-0.4, -0.2) is 38.7 Å².